The summed E-state index contributed by atoms with van der Waals surface area (Å²) in [5.41, 5.74) is 1.38. The molecule has 0 aliphatic carbocycles. The first-order valence-corrected chi connectivity index (χ1v) is 10.1. The molecule has 0 unspecified atom stereocenters. The van der Waals surface area contributed by atoms with Crippen molar-refractivity contribution in [3.05, 3.63) is 40.7 Å². The van der Waals surface area contributed by atoms with Crippen molar-refractivity contribution < 1.29 is 22.8 Å². The molecule has 10 heteroatoms. The van der Waals surface area contributed by atoms with Crippen molar-refractivity contribution in [2.24, 2.45) is 0 Å². The molecule has 2 amide bonds. The first kappa shape index (κ1) is 21.2. The number of pyridine rings is 1. The minimum absolute atomic E-state index is 0.0507. The van der Waals surface area contributed by atoms with Crippen molar-refractivity contribution in [3.8, 4) is 0 Å². The molecule has 0 atom stereocenters. The van der Waals surface area contributed by atoms with Gasteiger partial charge in [-0.3, -0.25) is 14.7 Å². The number of amides is 2. The van der Waals surface area contributed by atoms with E-state index in [1.54, 1.807) is 13.1 Å². The Morgan fingerprint density at radius 3 is 2.76 bits per heavy atom. The van der Waals surface area contributed by atoms with Crippen molar-refractivity contribution in [2.75, 3.05) is 24.5 Å². The summed E-state index contributed by atoms with van der Waals surface area (Å²) in [4.78, 5) is 37.0. The van der Waals surface area contributed by atoms with Gasteiger partial charge in [-0.15, -0.1) is 0 Å². The van der Waals surface area contributed by atoms with Crippen LogP contribution < -0.4 is 4.90 Å². The van der Waals surface area contributed by atoms with E-state index < -0.39 is 12.6 Å². The minimum atomic E-state index is -4.22. The molecule has 0 bridgehead atoms. The second kappa shape index (κ2) is 8.89. The molecule has 1 aliphatic heterocycles. The number of anilines is 1. The number of aryl methyl sites for hydroxylation is 2. The number of Topliss-reactive ketones (excluding diaryl/α,β-unsaturated/α-hetero) is 1. The summed E-state index contributed by atoms with van der Waals surface area (Å²) in [5.74, 6) is -0.0643. The zero-order valence-corrected chi connectivity index (χ0v) is 16.7. The fourth-order valence-corrected chi connectivity index (χ4v) is 4.15. The van der Waals surface area contributed by atoms with Gasteiger partial charge in [-0.2, -0.15) is 13.2 Å². The average Bonchev–Trinajstić information content (AvgIpc) is 3.22. The normalized spacial score (nSPS) is 14.7. The maximum absolute atomic E-state index is 12.6. The Labute approximate surface area is 170 Å². The number of carbonyl (C=O) groups is 2. The summed E-state index contributed by atoms with van der Waals surface area (Å²) in [5, 5.41) is 0.409. The van der Waals surface area contributed by atoms with E-state index in [-0.39, 0.29) is 31.2 Å². The number of hydrogen-bond donors (Lipinski definition) is 0. The molecule has 6 nitrogen and oxygen atoms in total. The van der Waals surface area contributed by atoms with Gasteiger partial charge in [0.25, 0.3) is 0 Å². The summed E-state index contributed by atoms with van der Waals surface area (Å²) < 4.78 is 36.9. The van der Waals surface area contributed by atoms with Crippen LogP contribution >= 0.6 is 11.3 Å². The van der Waals surface area contributed by atoms with Crippen LogP contribution in [-0.2, 0) is 6.42 Å². The zero-order chi connectivity index (χ0) is 21.0. The van der Waals surface area contributed by atoms with Crippen LogP contribution in [0.5, 0.6) is 0 Å². The highest BCUT2D eigenvalue weighted by molar-refractivity contribution is 7.17. The maximum Gasteiger partial charge on any atom is 0.389 e. The quantitative estimate of drug-likeness (QED) is 0.592. The van der Waals surface area contributed by atoms with Gasteiger partial charge in [-0.25, -0.2) is 9.78 Å². The van der Waals surface area contributed by atoms with Gasteiger partial charge in [0.1, 0.15) is 0 Å². The molecule has 3 rings (SSSR count). The molecule has 0 spiro atoms. The Hall–Kier alpha value is -2.49. The molecule has 0 radical (unpaired) electrons. The second-order valence-corrected chi connectivity index (χ2v) is 7.77. The van der Waals surface area contributed by atoms with Gasteiger partial charge in [0.15, 0.2) is 10.9 Å². The zero-order valence-electron chi connectivity index (χ0n) is 15.9. The molecule has 156 valence electrons. The van der Waals surface area contributed by atoms with Gasteiger partial charge in [0.05, 0.1) is 10.6 Å². The van der Waals surface area contributed by atoms with Gasteiger partial charge < -0.3 is 4.90 Å². The molecule has 29 heavy (non-hydrogen) atoms. The summed E-state index contributed by atoms with van der Waals surface area (Å²) >= 11 is 1.15. The van der Waals surface area contributed by atoms with E-state index in [9.17, 15) is 22.8 Å². The standard InChI is InChI=1S/C19H21F3N4O2S/c1-13-16(15(27)7-6-14-5-2-3-9-23-14)29-17(24-13)26-12-11-25(18(26)28)10-4-8-19(20,21)22/h2-3,5,9H,4,6-8,10-12H2,1H3. The van der Waals surface area contributed by atoms with Gasteiger partial charge in [0.2, 0.25) is 0 Å². The van der Waals surface area contributed by atoms with Crippen molar-refractivity contribution >= 4 is 28.3 Å². The van der Waals surface area contributed by atoms with E-state index in [4.69, 9.17) is 0 Å². The van der Waals surface area contributed by atoms with Crippen molar-refractivity contribution in [2.45, 2.75) is 38.8 Å². The lowest BCUT2D eigenvalue weighted by molar-refractivity contribution is -0.135. The minimum Gasteiger partial charge on any atom is -0.322 e. The lowest BCUT2D eigenvalue weighted by Gasteiger charge is -2.17. The average molecular weight is 426 g/mol. The fourth-order valence-electron chi connectivity index (χ4n) is 3.10. The van der Waals surface area contributed by atoms with Gasteiger partial charge in [0, 0.05) is 44.4 Å². The Kier molecular flexibility index (Phi) is 6.51. The lowest BCUT2D eigenvalue weighted by Crippen LogP contribution is -2.32. The molecule has 3 heterocycles. The largest absolute Gasteiger partial charge is 0.389 e. The Balaban J connectivity index is 1.59. The highest BCUT2D eigenvalue weighted by Gasteiger charge is 2.33. The van der Waals surface area contributed by atoms with Crippen LogP contribution in [0.1, 0.15) is 40.3 Å². The Morgan fingerprint density at radius 1 is 1.28 bits per heavy atom. The van der Waals surface area contributed by atoms with E-state index in [0.717, 1.165) is 17.0 Å². The number of aromatic nitrogens is 2. The predicted octanol–water partition coefficient (Wildman–Crippen LogP) is 4.25. The third-order valence-electron chi connectivity index (χ3n) is 4.59. The smallest absolute Gasteiger partial charge is 0.322 e. The van der Waals surface area contributed by atoms with Crippen LogP contribution in [0.15, 0.2) is 24.4 Å². The van der Waals surface area contributed by atoms with Gasteiger partial charge in [-0.05, 0) is 31.9 Å². The number of hydrogen-bond acceptors (Lipinski definition) is 5. The number of ketones is 1. The van der Waals surface area contributed by atoms with Crippen molar-refractivity contribution in [3.63, 3.8) is 0 Å². The predicted molar refractivity (Wildman–Crippen MR) is 103 cm³/mol. The van der Waals surface area contributed by atoms with Gasteiger partial charge >= 0.3 is 12.2 Å². The van der Waals surface area contributed by atoms with Crippen molar-refractivity contribution in [1.29, 1.82) is 0 Å². The van der Waals surface area contributed by atoms with Crippen molar-refractivity contribution in [1.82, 2.24) is 14.9 Å². The second-order valence-electron chi connectivity index (χ2n) is 6.80. The van der Waals surface area contributed by atoms with Crippen LogP contribution in [0.4, 0.5) is 23.1 Å². The van der Waals surface area contributed by atoms with Crippen LogP contribution in [0.2, 0.25) is 0 Å². The number of urea groups is 1. The maximum atomic E-state index is 12.6. The number of rotatable bonds is 8. The molecule has 1 saturated heterocycles. The molecular formula is C19H21F3N4O2S. The van der Waals surface area contributed by atoms with E-state index in [1.807, 2.05) is 18.2 Å². The Bertz CT molecular complexity index is 870. The highest BCUT2D eigenvalue weighted by Crippen LogP contribution is 2.30. The van der Waals surface area contributed by atoms with Crippen LogP contribution in [0.3, 0.4) is 0 Å². The molecule has 0 aromatic carbocycles. The first-order chi connectivity index (χ1) is 13.7. The Morgan fingerprint density at radius 2 is 2.07 bits per heavy atom. The van der Waals surface area contributed by atoms with E-state index >= 15 is 0 Å². The van der Waals surface area contributed by atoms with Crippen LogP contribution in [0.25, 0.3) is 0 Å². The molecule has 1 fully saturated rings. The summed E-state index contributed by atoms with van der Waals surface area (Å²) in [7, 11) is 0. The number of thiazole rings is 1. The van der Waals surface area contributed by atoms with E-state index in [1.165, 1.54) is 9.80 Å². The fraction of sp³-hybridized carbons (Fsp3) is 0.474. The van der Waals surface area contributed by atoms with E-state index in [0.29, 0.717) is 35.2 Å². The molecule has 2 aromatic heterocycles. The van der Waals surface area contributed by atoms with Crippen LogP contribution in [-0.4, -0.2) is 52.5 Å². The third-order valence-corrected chi connectivity index (χ3v) is 5.81. The van der Waals surface area contributed by atoms with Crippen LogP contribution in [0, 0.1) is 6.92 Å². The molecule has 0 saturated carbocycles. The molecule has 2 aromatic rings. The summed E-state index contributed by atoms with van der Waals surface area (Å²) in [6.07, 6.45) is -2.78. The van der Waals surface area contributed by atoms with E-state index in [2.05, 4.69) is 9.97 Å². The monoisotopic (exact) mass is 426 g/mol. The topological polar surface area (TPSA) is 66.4 Å². The van der Waals surface area contributed by atoms with Gasteiger partial charge in [-0.1, -0.05) is 17.4 Å². The summed E-state index contributed by atoms with van der Waals surface area (Å²) in [6.45, 7) is 2.46. The number of halogens is 3. The first-order valence-electron chi connectivity index (χ1n) is 9.28. The third kappa shape index (κ3) is 5.53. The number of carbonyl (C=O) groups excluding carboxylic acids is 2. The molecule has 1 aliphatic rings. The SMILES string of the molecule is Cc1nc(N2CCN(CCCC(F)(F)F)C2=O)sc1C(=O)CCc1ccccn1. The number of alkyl halides is 3. The molecule has 0 N–H and O–H groups in total. The lowest BCUT2D eigenvalue weighted by atomic mass is 10.1. The highest BCUT2D eigenvalue weighted by atomic mass is 32.1. The molecular weight excluding hydrogens is 405 g/mol. The number of nitrogens with zero attached hydrogens (tertiary/aromatic N) is 4. The summed E-state index contributed by atoms with van der Waals surface area (Å²) in [6, 6.07) is 5.16.